The molecule has 0 unspecified atom stereocenters. The average Bonchev–Trinajstić information content (AvgIpc) is 3.33. The molecule has 1 atom stereocenters. The van der Waals surface area contributed by atoms with Gasteiger partial charge in [0.15, 0.2) is 0 Å². The molecule has 0 aromatic heterocycles. The van der Waals surface area contributed by atoms with Gasteiger partial charge in [-0.1, -0.05) is 0 Å². The summed E-state index contributed by atoms with van der Waals surface area (Å²) in [6.07, 6.45) is 0.899. The molecule has 0 bridgehead atoms. The number of amides is 3. The number of hydrogen-bond acceptors (Lipinski definition) is 11. The molecule has 1 heterocycles. The number of carbonyl (C=O) groups excluding carboxylic acids is 4. The number of ether oxygens (including phenoxy) is 6. The van der Waals surface area contributed by atoms with Crippen molar-refractivity contribution in [3.05, 3.63) is 0 Å². The number of hydrogen-bond donors (Lipinski definition) is 3. The van der Waals surface area contributed by atoms with Crippen LogP contribution in [0.5, 0.6) is 0 Å². The predicted molar refractivity (Wildman–Crippen MR) is 129 cm³/mol. The molecule has 1 saturated heterocycles. The first kappa shape index (κ1) is 32.8. The number of nitrogens with one attached hydrogen (secondary N) is 2. The van der Waals surface area contributed by atoms with Gasteiger partial charge in [-0.2, -0.15) is 0 Å². The Balaban J connectivity index is 1.77. The lowest BCUT2D eigenvalue weighted by Gasteiger charge is -2.15. The van der Waals surface area contributed by atoms with Crippen LogP contribution in [0.25, 0.3) is 0 Å². The van der Waals surface area contributed by atoms with Crippen molar-refractivity contribution in [3.63, 3.8) is 0 Å². The minimum Gasteiger partial charge on any atom is -0.391 e. The van der Waals surface area contributed by atoms with Gasteiger partial charge in [0, 0.05) is 26.1 Å². The van der Waals surface area contributed by atoms with Crippen molar-refractivity contribution < 1.29 is 52.7 Å². The third-order valence-corrected chi connectivity index (χ3v) is 4.90. The van der Waals surface area contributed by atoms with E-state index in [4.69, 9.17) is 28.4 Å². The topological polar surface area (TPSA) is 171 Å². The number of nitrogens with zero attached hydrogens (tertiary/aromatic N) is 1. The molecule has 3 amide bonds. The highest BCUT2D eigenvalue weighted by Gasteiger charge is 2.24. The maximum Gasteiger partial charge on any atom is 0.246 e. The molecule has 0 aromatic carbocycles. The van der Waals surface area contributed by atoms with Crippen molar-refractivity contribution in [1.29, 1.82) is 0 Å². The smallest absolute Gasteiger partial charge is 0.246 e. The Labute approximate surface area is 217 Å². The SMILES string of the molecule is O=CCOCCOCCOCC(=O)NCCOCCOCCOCCC(=O)NCC(=O)N1CC[C@@H](O)C1. The molecule has 1 aliphatic rings. The first-order valence-corrected chi connectivity index (χ1v) is 12.4. The molecule has 0 radical (unpaired) electrons. The zero-order chi connectivity index (χ0) is 27.0. The van der Waals surface area contributed by atoms with E-state index in [1.165, 1.54) is 4.90 Å². The molecule has 14 heteroatoms. The van der Waals surface area contributed by atoms with E-state index in [0.717, 1.165) is 0 Å². The molecule has 37 heavy (non-hydrogen) atoms. The van der Waals surface area contributed by atoms with Gasteiger partial charge in [0.05, 0.1) is 78.7 Å². The van der Waals surface area contributed by atoms with E-state index in [-0.39, 0.29) is 57.1 Å². The van der Waals surface area contributed by atoms with E-state index >= 15 is 0 Å². The first-order valence-electron chi connectivity index (χ1n) is 12.4. The van der Waals surface area contributed by atoms with Crippen LogP contribution in [-0.4, -0.2) is 146 Å². The van der Waals surface area contributed by atoms with E-state index in [2.05, 4.69) is 10.6 Å². The van der Waals surface area contributed by atoms with Crippen LogP contribution in [0.4, 0.5) is 0 Å². The third kappa shape index (κ3) is 19.6. The van der Waals surface area contributed by atoms with Crippen LogP contribution in [0.2, 0.25) is 0 Å². The van der Waals surface area contributed by atoms with Crippen LogP contribution in [-0.2, 0) is 47.6 Å². The van der Waals surface area contributed by atoms with Crippen molar-refractivity contribution >= 4 is 24.0 Å². The molecule has 214 valence electrons. The minimum absolute atomic E-state index is 0.0503. The summed E-state index contributed by atoms with van der Waals surface area (Å²) in [6.45, 7) is 4.34. The predicted octanol–water partition coefficient (Wildman–Crippen LogP) is -2.50. The highest BCUT2D eigenvalue weighted by Crippen LogP contribution is 2.08. The van der Waals surface area contributed by atoms with E-state index in [0.29, 0.717) is 85.2 Å². The zero-order valence-corrected chi connectivity index (χ0v) is 21.4. The molecular formula is C23H41N3O11. The summed E-state index contributed by atoms with van der Waals surface area (Å²) in [5.41, 5.74) is 0. The number of rotatable bonds is 24. The molecule has 0 aromatic rings. The van der Waals surface area contributed by atoms with E-state index in [1.54, 1.807) is 0 Å². The maximum atomic E-state index is 11.9. The molecule has 14 nitrogen and oxygen atoms in total. The molecule has 1 aliphatic heterocycles. The molecule has 1 fully saturated rings. The molecule has 0 spiro atoms. The normalized spacial score (nSPS) is 15.1. The Morgan fingerprint density at radius 1 is 0.784 bits per heavy atom. The lowest BCUT2D eigenvalue weighted by molar-refractivity contribution is -0.132. The monoisotopic (exact) mass is 535 g/mol. The summed E-state index contributed by atoms with van der Waals surface area (Å²) >= 11 is 0. The number of likely N-dealkylation sites (tertiary alicyclic amines) is 1. The van der Waals surface area contributed by atoms with Gasteiger partial charge in [-0.3, -0.25) is 14.4 Å². The average molecular weight is 536 g/mol. The fourth-order valence-electron chi connectivity index (χ4n) is 3.00. The first-order chi connectivity index (χ1) is 18.0. The Kier molecular flexibility index (Phi) is 20.4. The number of aliphatic hydroxyl groups is 1. The summed E-state index contributed by atoms with van der Waals surface area (Å²) in [4.78, 5) is 46.8. The summed E-state index contributed by atoms with van der Waals surface area (Å²) < 4.78 is 31.4. The van der Waals surface area contributed by atoms with Crippen LogP contribution in [0.3, 0.4) is 0 Å². The van der Waals surface area contributed by atoms with Gasteiger partial charge < -0.3 is 53.9 Å². The fraction of sp³-hybridized carbons (Fsp3) is 0.826. The van der Waals surface area contributed by atoms with Crippen LogP contribution in [0.1, 0.15) is 12.8 Å². The van der Waals surface area contributed by atoms with E-state index in [1.807, 2.05) is 0 Å². The van der Waals surface area contributed by atoms with Crippen molar-refractivity contribution in [2.45, 2.75) is 18.9 Å². The highest BCUT2D eigenvalue weighted by atomic mass is 16.5. The maximum absolute atomic E-state index is 11.9. The van der Waals surface area contributed by atoms with Gasteiger partial charge in [-0.05, 0) is 6.42 Å². The van der Waals surface area contributed by atoms with Crippen LogP contribution >= 0.6 is 0 Å². The third-order valence-electron chi connectivity index (χ3n) is 4.90. The Morgan fingerprint density at radius 2 is 1.38 bits per heavy atom. The number of carbonyl (C=O) groups is 4. The van der Waals surface area contributed by atoms with Crippen molar-refractivity contribution in [3.8, 4) is 0 Å². The van der Waals surface area contributed by atoms with Gasteiger partial charge in [0.2, 0.25) is 17.7 Å². The van der Waals surface area contributed by atoms with Gasteiger partial charge in [0.25, 0.3) is 0 Å². The summed E-state index contributed by atoms with van der Waals surface area (Å²) in [5, 5.41) is 14.6. The van der Waals surface area contributed by atoms with Gasteiger partial charge in [-0.25, -0.2) is 0 Å². The largest absolute Gasteiger partial charge is 0.391 e. The van der Waals surface area contributed by atoms with Crippen molar-refractivity contribution in [2.24, 2.45) is 0 Å². The second kappa shape index (κ2) is 23.0. The Hall–Kier alpha value is -2.20. The molecule has 1 rings (SSSR count). The molecule has 0 aliphatic carbocycles. The van der Waals surface area contributed by atoms with Crippen molar-refractivity contribution in [2.75, 3.05) is 105 Å². The van der Waals surface area contributed by atoms with Crippen molar-refractivity contribution in [1.82, 2.24) is 15.5 Å². The standard InChI is InChI=1S/C23H41N3O11/c27-5-8-34-11-14-36-15-16-37-19-22(30)24-3-7-33-10-13-35-12-9-32-6-2-21(29)25-17-23(31)26-4-1-20(28)18-26/h5,20,28H,1-4,6-19H2,(H,24,30)(H,25,29)/t20-/m1/s1. The Morgan fingerprint density at radius 3 is 2.00 bits per heavy atom. The second-order valence-corrected chi connectivity index (χ2v) is 7.90. The van der Waals surface area contributed by atoms with Crippen LogP contribution in [0.15, 0.2) is 0 Å². The fourth-order valence-corrected chi connectivity index (χ4v) is 3.00. The zero-order valence-electron chi connectivity index (χ0n) is 21.4. The molecular weight excluding hydrogens is 494 g/mol. The number of aldehydes is 1. The van der Waals surface area contributed by atoms with Gasteiger partial charge in [-0.15, -0.1) is 0 Å². The summed E-state index contributed by atoms with van der Waals surface area (Å²) in [5.74, 6) is -0.728. The van der Waals surface area contributed by atoms with Crippen LogP contribution in [0, 0.1) is 0 Å². The number of aliphatic hydroxyl groups excluding tert-OH is 1. The quantitative estimate of drug-likeness (QED) is 0.0881. The molecule has 3 N–H and O–H groups in total. The second-order valence-electron chi connectivity index (χ2n) is 7.90. The number of β-amino-alcohol motifs (C(OH)–C–C–N with tert-alkyl or cyclic N) is 1. The summed E-state index contributed by atoms with van der Waals surface area (Å²) in [6, 6.07) is 0. The van der Waals surface area contributed by atoms with E-state index < -0.39 is 6.10 Å². The van der Waals surface area contributed by atoms with E-state index in [9.17, 15) is 24.3 Å². The Bertz CT molecular complexity index is 639. The van der Waals surface area contributed by atoms with Gasteiger partial charge in [0.1, 0.15) is 19.5 Å². The minimum atomic E-state index is -0.480. The summed E-state index contributed by atoms with van der Waals surface area (Å²) in [7, 11) is 0. The van der Waals surface area contributed by atoms with Gasteiger partial charge >= 0.3 is 0 Å². The lowest BCUT2D eigenvalue weighted by atomic mass is 10.3. The highest BCUT2D eigenvalue weighted by molar-refractivity contribution is 5.84. The lowest BCUT2D eigenvalue weighted by Crippen LogP contribution is -2.39. The van der Waals surface area contributed by atoms with Crippen LogP contribution < -0.4 is 10.6 Å². The molecule has 0 saturated carbocycles.